The van der Waals surface area contributed by atoms with Crippen LogP contribution in [0.3, 0.4) is 0 Å². The van der Waals surface area contributed by atoms with Crippen LogP contribution in [0, 0.1) is 18.2 Å². The molecular formula is C24H18ClFN8. The van der Waals surface area contributed by atoms with Gasteiger partial charge in [0.05, 0.1) is 21.7 Å². The van der Waals surface area contributed by atoms with E-state index in [4.69, 9.17) is 33.5 Å². The minimum absolute atomic E-state index is 0.0802. The fraction of sp³-hybridized carbons (Fsp3) is 0.0417. The molecule has 5 aromatic rings. The highest BCUT2D eigenvalue weighted by Crippen LogP contribution is 2.34. The van der Waals surface area contributed by atoms with Crippen LogP contribution in [0.4, 0.5) is 10.2 Å². The highest BCUT2D eigenvalue weighted by atomic mass is 35.5. The van der Waals surface area contributed by atoms with E-state index in [0.29, 0.717) is 38.5 Å². The second kappa shape index (κ2) is 8.20. The lowest BCUT2D eigenvalue weighted by Gasteiger charge is -2.13. The Bertz CT molecular complexity index is 1640. The van der Waals surface area contributed by atoms with Gasteiger partial charge in [-0.05, 0) is 42.8 Å². The molecule has 0 saturated heterocycles. The van der Waals surface area contributed by atoms with Crippen molar-refractivity contribution in [2.45, 2.75) is 6.92 Å². The maximum Gasteiger partial charge on any atom is 0.173 e. The molecule has 3 heterocycles. The number of rotatable bonds is 4. The molecule has 5 rings (SSSR count). The molecular weight excluding hydrogens is 455 g/mol. The minimum Gasteiger partial charge on any atom is -0.383 e. The second-order valence-corrected chi connectivity index (χ2v) is 7.96. The maximum absolute atomic E-state index is 14.9. The predicted octanol–water partition coefficient (Wildman–Crippen LogP) is 4.63. The number of hydrogen-bond acceptors (Lipinski definition) is 5. The van der Waals surface area contributed by atoms with Crippen LogP contribution in [0.5, 0.6) is 0 Å². The van der Waals surface area contributed by atoms with E-state index in [1.54, 1.807) is 18.3 Å². The highest BCUT2D eigenvalue weighted by Gasteiger charge is 2.20. The first-order chi connectivity index (χ1) is 16.4. The van der Waals surface area contributed by atoms with Crippen LogP contribution in [0.15, 0.2) is 59.9 Å². The number of amidine groups is 1. The average molecular weight is 473 g/mol. The molecule has 0 bridgehead atoms. The number of para-hydroxylation sites is 1. The lowest BCUT2D eigenvalue weighted by Crippen LogP contribution is -2.14. The smallest absolute Gasteiger partial charge is 0.173 e. The largest absolute Gasteiger partial charge is 0.383 e. The second-order valence-electron chi connectivity index (χ2n) is 7.55. The number of imidazole rings is 1. The molecule has 0 atom stereocenters. The number of fused-ring (bicyclic) bond motifs is 2. The van der Waals surface area contributed by atoms with E-state index in [0.717, 1.165) is 17.4 Å². The van der Waals surface area contributed by atoms with E-state index in [2.05, 4.69) is 15.0 Å². The molecule has 0 radical (unpaired) electrons. The van der Waals surface area contributed by atoms with Crippen molar-refractivity contribution in [1.29, 1.82) is 5.41 Å². The number of nitrogen functional groups attached to an aromatic ring is 1. The average Bonchev–Trinajstić information content (AvgIpc) is 3.16. The third-order valence-electron chi connectivity index (χ3n) is 5.57. The summed E-state index contributed by atoms with van der Waals surface area (Å²) in [5, 5.41) is 8.69. The van der Waals surface area contributed by atoms with Crippen LogP contribution < -0.4 is 11.5 Å². The number of halogens is 2. The summed E-state index contributed by atoms with van der Waals surface area (Å²) in [4.78, 5) is 16.9. The summed E-state index contributed by atoms with van der Waals surface area (Å²) in [6, 6.07) is 12.4. The standard InChI is InChI=1S/C24H18ClFN8/c1-12-33-22-16(23(28)32-11-27)9-13(14-5-7-31-24(29)20(14)26)10-19(22)34(12)18-6-8-30-21-15(18)3-2-4-17(21)25/h2-11H,1H3,(H2,29,31)(H3,27,28,32). The van der Waals surface area contributed by atoms with Gasteiger partial charge in [0.15, 0.2) is 11.6 Å². The van der Waals surface area contributed by atoms with E-state index >= 15 is 0 Å². The third-order valence-corrected chi connectivity index (χ3v) is 5.88. The Kier molecular flexibility index (Phi) is 5.18. The van der Waals surface area contributed by atoms with Gasteiger partial charge in [-0.25, -0.2) is 19.4 Å². The van der Waals surface area contributed by atoms with Gasteiger partial charge in [-0.3, -0.25) is 15.0 Å². The lowest BCUT2D eigenvalue weighted by molar-refractivity contribution is 0.631. The van der Waals surface area contributed by atoms with Gasteiger partial charge in [-0.15, -0.1) is 0 Å². The Balaban J connectivity index is 1.91. The minimum atomic E-state index is -0.640. The summed E-state index contributed by atoms with van der Waals surface area (Å²) in [5.74, 6) is -0.103. The molecule has 2 aromatic carbocycles. The van der Waals surface area contributed by atoms with Gasteiger partial charge in [0.1, 0.15) is 23.5 Å². The van der Waals surface area contributed by atoms with E-state index in [-0.39, 0.29) is 17.2 Å². The number of hydrogen-bond donors (Lipinski definition) is 3. The van der Waals surface area contributed by atoms with Gasteiger partial charge >= 0.3 is 0 Å². The number of benzene rings is 2. The molecule has 168 valence electrons. The van der Waals surface area contributed by atoms with Crippen molar-refractivity contribution in [3.8, 4) is 16.8 Å². The molecule has 34 heavy (non-hydrogen) atoms. The zero-order chi connectivity index (χ0) is 24.0. The molecule has 0 saturated carbocycles. The van der Waals surface area contributed by atoms with Crippen LogP contribution in [0.25, 0.3) is 38.8 Å². The topological polar surface area (TPSA) is 132 Å². The van der Waals surface area contributed by atoms with E-state index in [1.165, 1.54) is 12.3 Å². The van der Waals surface area contributed by atoms with Crippen LogP contribution in [0.2, 0.25) is 5.02 Å². The highest BCUT2D eigenvalue weighted by molar-refractivity contribution is 6.35. The first-order valence-corrected chi connectivity index (χ1v) is 10.6. The zero-order valence-corrected chi connectivity index (χ0v) is 18.7. The summed E-state index contributed by atoms with van der Waals surface area (Å²) in [6.07, 6.45) is 3.96. The molecule has 0 aliphatic carbocycles. The van der Waals surface area contributed by atoms with Gasteiger partial charge in [0.25, 0.3) is 0 Å². The number of nitrogens with one attached hydrogen (secondary N) is 1. The SMILES string of the molecule is Cc1nc2c(C(N)=NC=N)cc(-c3ccnc(N)c3F)cc2n1-c1ccnc2c(Cl)cccc12. The number of pyridine rings is 2. The quantitative estimate of drug-likeness (QED) is 0.259. The van der Waals surface area contributed by atoms with Crippen molar-refractivity contribution in [2.24, 2.45) is 10.7 Å². The van der Waals surface area contributed by atoms with Gasteiger partial charge in [-0.1, -0.05) is 23.7 Å². The molecule has 0 unspecified atom stereocenters. The summed E-state index contributed by atoms with van der Waals surface area (Å²) >= 11 is 6.39. The summed E-state index contributed by atoms with van der Waals surface area (Å²) < 4.78 is 16.9. The van der Waals surface area contributed by atoms with Crippen molar-refractivity contribution in [3.05, 3.63) is 77.1 Å². The Morgan fingerprint density at radius 1 is 1.15 bits per heavy atom. The van der Waals surface area contributed by atoms with Gasteiger partial charge < -0.3 is 11.5 Å². The molecule has 3 aromatic heterocycles. The molecule has 0 aliphatic rings. The van der Waals surface area contributed by atoms with Crippen LogP contribution in [-0.4, -0.2) is 31.7 Å². The molecule has 5 N–H and O–H groups in total. The normalized spacial score (nSPS) is 11.9. The predicted molar refractivity (Wildman–Crippen MR) is 133 cm³/mol. The van der Waals surface area contributed by atoms with Crippen molar-refractivity contribution in [1.82, 2.24) is 19.5 Å². The van der Waals surface area contributed by atoms with Gasteiger partial charge in [-0.2, -0.15) is 0 Å². The maximum atomic E-state index is 14.9. The van der Waals surface area contributed by atoms with Gasteiger partial charge in [0, 0.05) is 28.9 Å². The first-order valence-electron chi connectivity index (χ1n) is 10.2. The molecule has 0 spiro atoms. The Morgan fingerprint density at radius 2 is 1.94 bits per heavy atom. The fourth-order valence-electron chi connectivity index (χ4n) is 4.09. The molecule has 8 nitrogen and oxygen atoms in total. The fourth-order valence-corrected chi connectivity index (χ4v) is 4.31. The zero-order valence-electron chi connectivity index (χ0n) is 17.9. The molecule has 0 amide bonds. The Hall–Kier alpha value is -4.37. The summed E-state index contributed by atoms with van der Waals surface area (Å²) in [5.41, 5.74) is 15.8. The van der Waals surface area contributed by atoms with Crippen molar-refractivity contribution < 1.29 is 4.39 Å². The van der Waals surface area contributed by atoms with Crippen LogP contribution >= 0.6 is 11.6 Å². The number of anilines is 1. The Labute approximate surface area is 198 Å². The molecule has 0 aliphatic heterocycles. The number of aliphatic imine (C=N–C) groups is 1. The van der Waals surface area contributed by atoms with Crippen LogP contribution in [0.1, 0.15) is 11.4 Å². The number of nitrogens with two attached hydrogens (primary N) is 2. The lowest BCUT2D eigenvalue weighted by atomic mass is 10.0. The summed E-state index contributed by atoms with van der Waals surface area (Å²) in [6.45, 7) is 1.86. The number of aromatic nitrogens is 4. The molecule has 0 fully saturated rings. The van der Waals surface area contributed by atoms with Gasteiger partial charge in [0.2, 0.25) is 0 Å². The van der Waals surface area contributed by atoms with Crippen LogP contribution in [-0.2, 0) is 0 Å². The molecule has 10 heteroatoms. The Morgan fingerprint density at radius 3 is 2.74 bits per heavy atom. The van der Waals surface area contributed by atoms with E-state index in [1.807, 2.05) is 35.8 Å². The van der Waals surface area contributed by atoms with Crippen molar-refractivity contribution >= 4 is 51.5 Å². The van der Waals surface area contributed by atoms with E-state index in [9.17, 15) is 4.39 Å². The monoisotopic (exact) mass is 472 g/mol. The first kappa shape index (κ1) is 21.5. The third kappa shape index (κ3) is 3.34. The van der Waals surface area contributed by atoms with E-state index < -0.39 is 5.82 Å². The number of nitrogens with zero attached hydrogens (tertiary/aromatic N) is 5. The van der Waals surface area contributed by atoms with Crippen molar-refractivity contribution in [2.75, 3.05) is 5.73 Å². The number of aryl methyl sites for hydroxylation is 1. The summed E-state index contributed by atoms with van der Waals surface area (Å²) in [7, 11) is 0. The van der Waals surface area contributed by atoms with Crippen molar-refractivity contribution in [3.63, 3.8) is 0 Å².